The number of hydrogen-bond acceptors (Lipinski definition) is 4. The van der Waals surface area contributed by atoms with Gasteiger partial charge in [0.05, 0.1) is 5.69 Å². The summed E-state index contributed by atoms with van der Waals surface area (Å²) in [5.74, 6) is 4.33. The molecule has 2 rings (SSSR count). The van der Waals surface area contributed by atoms with Crippen molar-refractivity contribution in [2.45, 2.75) is 6.92 Å². The van der Waals surface area contributed by atoms with Gasteiger partial charge < -0.3 is 5.43 Å². The monoisotopic (exact) mass is 314 g/mol. The fourth-order valence-corrected chi connectivity index (χ4v) is 1.97. The van der Waals surface area contributed by atoms with Crippen molar-refractivity contribution >= 4 is 21.7 Å². The second kappa shape index (κ2) is 4.95. The Morgan fingerprint density at radius 2 is 2.00 bits per heavy atom. The summed E-state index contributed by atoms with van der Waals surface area (Å²) in [6.07, 6.45) is 0. The Hall–Kier alpha value is -1.60. The molecule has 0 atom stereocenters. The molecule has 0 spiro atoms. The molecular weight excluding hydrogens is 306 g/mol. The Labute approximate surface area is 110 Å². The van der Waals surface area contributed by atoms with Crippen LogP contribution in [0.5, 0.6) is 0 Å². The molecule has 0 bridgehead atoms. The molecule has 0 amide bonds. The van der Waals surface area contributed by atoms with Crippen LogP contribution in [0.25, 0.3) is 11.4 Å². The van der Waals surface area contributed by atoms with Crippen LogP contribution in [0.2, 0.25) is 0 Å². The van der Waals surface area contributed by atoms with Gasteiger partial charge in [-0.3, -0.25) is 0 Å². The van der Waals surface area contributed by atoms with Gasteiger partial charge >= 0.3 is 0 Å². The maximum absolute atomic E-state index is 13.5. The maximum atomic E-state index is 13.5. The molecule has 0 unspecified atom stereocenters. The molecule has 3 N–H and O–H groups in total. The van der Waals surface area contributed by atoms with E-state index in [4.69, 9.17) is 5.84 Å². The lowest BCUT2D eigenvalue weighted by Crippen LogP contribution is -2.13. The van der Waals surface area contributed by atoms with E-state index in [1.54, 1.807) is 0 Å². The second-order valence-electron chi connectivity index (χ2n) is 3.56. The van der Waals surface area contributed by atoms with Gasteiger partial charge in [-0.15, -0.1) is 0 Å². The second-order valence-corrected chi connectivity index (χ2v) is 4.42. The minimum Gasteiger partial charge on any atom is -0.306 e. The Balaban J connectivity index is 2.60. The molecule has 0 aliphatic rings. The summed E-state index contributed by atoms with van der Waals surface area (Å²) in [6.45, 7) is 1.50. The summed E-state index contributed by atoms with van der Waals surface area (Å²) < 4.78 is 27.0. The number of hydrazine groups is 1. The Kier molecular flexibility index (Phi) is 3.53. The first-order chi connectivity index (χ1) is 8.52. The van der Waals surface area contributed by atoms with E-state index in [0.717, 1.165) is 0 Å². The number of hydrogen-bond donors (Lipinski definition) is 2. The van der Waals surface area contributed by atoms with Crippen molar-refractivity contribution in [1.82, 2.24) is 9.97 Å². The Morgan fingerprint density at radius 1 is 1.28 bits per heavy atom. The quantitative estimate of drug-likeness (QED) is 0.661. The predicted octanol–water partition coefficient (Wildman–Crippen LogP) is 2.78. The van der Waals surface area contributed by atoms with Crippen LogP contribution in [0.4, 0.5) is 14.6 Å². The van der Waals surface area contributed by atoms with Crippen LogP contribution in [0, 0.1) is 18.6 Å². The van der Waals surface area contributed by atoms with Crippen LogP contribution in [-0.2, 0) is 0 Å². The van der Waals surface area contributed by atoms with Crippen LogP contribution in [0.15, 0.2) is 22.7 Å². The van der Waals surface area contributed by atoms with Gasteiger partial charge in [0.15, 0.2) is 17.5 Å². The largest absolute Gasteiger partial charge is 0.306 e. The van der Waals surface area contributed by atoms with Gasteiger partial charge in [0.25, 0.3) is 0 Å². The number of nitrogens with zero attached hydrogens (tertiary/aromatic N) is 2. The highest BCUT2D eigenvalue weighted by atomic mass is 79.9. The zero-order chi connectivity index (χ0) is 13.3. The van der Waals surface area contributed by atoms with Gasteiger partial charge in [-0.2, -0.15) is 0 Å². The molecule has 0 fully saturated rings. The van der Waals surface area contributed by atoms with Gasteiger partial charge in [0, 0.05) is 10.0 Å². The van der Waals surface area contributed by atoms with Crippen molar-refractivity contribution in [3.05, 3.63) is 40.0 Å². The number of anilines is 1. The van der Waals surface area contributed by atoms with E-state index in [1.807, 2.05) is 0 Å². The molecule has 0 radical (unpaired) electrons. The number of nitrogen functional groups attached to an aromatic ring is 1. The summed E-state index contributed by atoms with van der Waals surface area (Å²) in [6, 6.07) is 4.07. The summed E-state index contributed by atoms with van der Waals surface area (Å²) in [5, 5.41) is 0. The first-order valence-electron chi connectivity index (χ1n) is 4.99. The van der Waals surface area contributed by atoms with Gasteiger partial charge in [-0.1, -0.05) is 0 Å². The average molecular weight is 315 g/mol. The van der Waals surface area contributed by atoms with E-state index in [1.165, 1.54) is 25.1 Å². The Bertz CT molecular complexity index is 604. The number of aryl methyl sites for hydroxylation is 1. The molecule has 1 aromatic carbocycles. The van der Waals surface area contributed by atoms with Gasteiger partial charge in [-0.05, 0) is 41.1 Å². The van der Waals surface area contributed by atoms with Gasteiger partial charge in [-0.25, -0.2) is 24.6 Å². The SMILES string of the molecule is Cc1nc(-c2ccc(F)cc2Br)nc(NN)c1F. The predicted molar refractivity (Wildman–Crippen MR) is 67.6 cm³/mol. The highest BCUT2D eigenvalue weighted by Crippen LogP contribution is 2.28. The van der Waals surface area contributed by atoms with E-state index in [9.17, 15) is 8.78 Å². The van der Waals surface area contributed by atoms with Crippen LogP contribution < -0.4 is 11.3 Å². The van der Waals surface area contributed by atoms with E-state index in [0.29, 0.717) is 10.0 Å². The zero-order valence-electron chi connectivity index (χ0n) is 9.34. The van der Waals surface area contributed by atoms with E-state index >= 15 is 0 Å². The molecule has 0 aliphatic carbocycles. The molecule has 4 nitrogen and oxygen atoms in total. The first kappa shape index (κ1) is 12.8. The van der Waals surface area contributed by atoms with Crippen LogP contribution in [-0.4, -0.2) is 9.97 Å². The molecule has 0 saturated carbocycles. The summed E-state index contributed by atoms with van der Waals surface area (Å²) >= 11 is 3.21. The molecule has 1 heterocycles. The number of nitrogens with two attached hydrogens (primary N) is 1. The zero-order valence-corrected chi connectivity index (χ0v) is 10.9. The fourth-order valence-electron chi connectivity index (χ4n) is 1.45. The average Bonchev–Trinajstić information content (AvgIpc) is 2.32. The van der Waals surface area contributed by atoms with Crippen molar-refractivity contribution in [2.75, 3.05) is 5.43 Å². The molecule has 7 heteroatoms. The van der Waals surface area contributed by atoms with E-state index in [2.05, 4.69) is 31.3 Å². The van der Waals surface area contributed by atoms with Crippen LogP contribution >= 0.6 is 15.9 Å². The molecule has 0 saturated heterocycles. The van der Waals surface area contributed by atoms with Crippen molar-refractivity contribution in [3.63, 3.8) is 0 Å². The number of aromatic nitrogens is 2. The van der Waals surface area contributed by atoms with Crippen LogP contribution in [0.1, 0.15) is 5.69 Å². The highest BCUT2D eigenvalue weighted by molar-refractivity contribution is 9.10. The third-order valence-electron chi connectivity index (χ3n) is 2.33. The summed E-state index contributed by atoms with van der Waals surface area (Å²) in [4.78, 5) is 7.95. The lowest BCUT2D eigenvalue weighted by Gasteiger charge is -2.08. The van der Waals surface area contributed by atoms with E-state index < -0.39 is 5.82 Å². The van der Waals surface area contributed by atoms with Crippen LogP contribution in [0.3, 0.4) is 0 Å². The summed E-state index contributed by atoms with van der Waals surface area (Å²) in [5.41, 5.74) is 2.87. The van der Waals surface area contributed by atoms with E-state index in [-0.39, 0.29) is 23.2 Å². The molecule has 18 heavy (non-hydrogen) atoms. The lowest BCUT2D eigenvalue weighted by molar-refractivity contribution is 0.606. The van der Waals surface area contributed by atoms with Crippen molar-refractivity contribution in [1.29, 1.82) is 0 Å². The molecule has 1 aromatic heterocycles. The third-order valence-corrected chi connectivity index (χ3v) is 2.98. The minimum absolute atomic E-state index is 0.103. The fraction of sp³-hybridized carbons (Fsp3) is 0.0909. The number of halogens is 3. The number of nitrogens with one attached hydrogen (secondary N) is 1. The maximum Gasteiger partial charge on any atom is 0.187 e. The standard InChI is InChI=1S/C11H9BrF2N4/c1-5-9(14)11(18-15)17-10(16-5)7-3-2-6(13)4-8(7)12/h2-4H,15H2,1H3,(H,16,17,18). The van der Waals surface area contributed by atoms with Crippen molar-refractivity contribution in [2.24, 2.45) is 5.84 Å². The summed E-state index contributed by atoms with van der Waals surface area (Å²) in [7, 11) is 0. The number of rotatable bonds is 2. The molecular formula is C11H9BrF2N4. The minimum atomic E-state index is -0.612. The van der Waals surface area contributed by atoms with Crippen molar-refractivity contribution in [3.8, 4) is 11.4 Å². The van der Waals surface area contributed by atoms with Crippen molar-refractivity contribution < 1.29 is 8.78 Å². The smallest absolute Gasteiger partial charge is 0.187 e. The molecule has 2 aromatic rings. The third kappa shape index (κ3) is 2.32. The Morgan fingerprint density at radius 3 is 2.61 bits per heavy atom. The normalized spacial score (nSPS) is 10.5. The lowest BCUT2D eigenvalue weighted by atomic mass is 10.2. The van der Waals surface area contributed by atoms with Gasteiger partial charge in [0.1, 0.15) is 5.82 Å². The molecule has 94 valence electrons. The number of benzene rings is 1. The topological polar surface area (TPSA) is 63.8 Å². The van der Waals surface area contributed by atoms with Gasteiger partial charge in [0.2, 0.25) is 0 Å². The first-order valence-corrected chi connectivity index (χ1v) is 5.78. The molecule has 0 aliphatic heterocycles. The highest BCUT2D eigenvalue weighted by Gasteiger charge is 2.14.